The Hall–Kier alpha value is -3.72. The average molecular weight is 440 g/mol. The Kier molecular flexibility index (Phi) is 5.43. The number of anilines is 1. The molecule has 0 saturated heterocycles. The first-order valence-corrected chi connectivity index (χ1v) is 10.7. The lowest BCUT2D eigenvalue weighted by atomic mass is 10.0. The molecule has 4 rings (SSSR count). The van der Waals surface area contributed by atoms with E-state index in [-0.39, 0.29) is 22.2 Å². The van der Waals surface area contributed by atoms with Gasteiger partial charge in [0.2, 0.25) is 0 Å². The van der Waals surface area contributed by atoms with Crippen LogP contribution in [-0.2, 0) is 10.0 Å². The van der Waals surface area contributed by atoms with E-state index in [2.05, 4.69) is 9.88 Å². The summed E-state index contributed by atoms with van der Waals surface area (Å²) in [5.41, 5.74) is 2.05. The van der Waals surface area contributed by atoms with E-state index in [0.717, 1.165) is 11.1 Å². The molecule has 0 aliphatic carbocycles. The van der Waals surface area contributed by atoms with Crippen LogP contribution in [0.2, 0.25) is 0 Å². The van der Waals surface area contributed by atoms with Crippen LogP contribution in [0.3, 0.4) is 0 Å². The second-order valence-corrected chi connectivity index (χ2v) is 8.13. The van der Waals surface area contributed by atoms with E-state index in [1.165, 1.54) is 33.5 Å². The van der Waals surface area contributed by atoms with E-state index >= 15 is 0 Å². The van der Waals surface area contributed by atoms with Crippen LogP contribution in [0.1, 0.15) is 0 Å². The zero-order chi connectivity index (χ0) is 22.0. The second-order valence-electron chi connectivity index (χ2n) is 6.51. The maximum Gasteiger partial charge on any atom is 0.270 e. The summed E-state index contributed by atoms with van der Waals surface area (Å²) in [4.78, 5) is -0.144. The van der Waals surface area contributed by atoms with Crippen LogP contribution in [-0.4, -0.2) is 34.9 Å². The molecule has 0 aliphatic rings. The van der Waals surface area contributed by atoms with Gasteiger partial charge >= 0.3 is 0 Å². The zero-order valence-corrected chi connectivity index (χ0v) is 17.9. The lowest BCUT2D eigenvalue weighted by Gasteiger charge is -2.14. The van der Waals surface area contributed by atoms with Crippen molar-refractivity contribution < 1.29 is 27.2 Å². The number of ether oxygens (including phenoxy) is 3. The van der Waals surface area contributed by atoms with E-state index in [1.807, 2.05) is 36.4 Å². The van der Waals surface area contributed by atoms with Crippen molar-refractivity contribution in [3.05, 3.63) is 60.7 Å². The van der Waals surface area contributed by atoms with Crippen molar-refractivity contribution in [1.29, 1.82) is 0 Å². The summed E-state index contributed by atoms with van der Waals surface area (Å²) in [5, 5.41) is 4.39. The fraction of sp³-hybridized carbons (Fsp3) is 0.136. The molecular formula is C22H20N2O6S. The number of hydrogen-bond donors (Lipinski definition) is 1. The minimum atomic E-state index is -4.14. The highest BCUT2D eigenvalue weighted by atomic mass is 32.2. The predicted octanol–water partition coefficient (Wildman–Crippen LogP) is 4.32. The van der Waals surface area contributed by atoms with E-state index in [9.17, 15) is 8.42 Å². The summed E-state index contributed by atoms with van der Waals surface area (Å²) in [6.07, 6.45) is 0. The van der Waals surface area contributed by atoms with Gasteiger partial charge in [0.15, 0.2) is 16.3 Å². The maximum absolute atomic E-state index is 13.3. The number of nitrogens with one attached hydrogen (secondary N) is 1. The number of benzene rings is 3. The van der Waals surface area contributed by atoms with Crippen LogP contribution in [0.5, 0.6) is 17.2 Å². The van der Waals surface area contributed by atoms with E-state index in [1.54, 1.807) is 12.1 Å². The van der Waals surface area contributed by atoms with Crippen molar-refractivity contribution in [3.63, 3.8) is 0 Å². The topological polar surface area (TPSA) is 99.9 Å². The van der Waals surface area contributed by atoms with Gasteiger partial charge in [0.1, 0.15) is 22.6 Å². The van der Waals surface area contributed by atoms with Crippen molar-refractivity contribution in [2.75, 3.05) is 26.1 Å². The molecule has 1 N–H and O–H groups in total. The Morgan fingerprint density at radius 3 is 2.06 bits per heavy atom. The Balaban J connectivity index is 1.87. The maximum atomic E-state index is 13.3. The third kappa shape index (κ3) is 3.64. The standard InChI is InChI=1S/C22H20N2O6S/c1-27-16-13-12-15(14-8-5-4-6-9-14)20-19(16)22(23-30-20)24-31(25,26)21-17(28-2)10-7-11-18(21)29-3/h4-13H,1-3H3,(H,23,24). The summed E-state index contributed by atoms with van der Waals surface area (Å²) in [6, 6.07) is 17.8. The molecule has 8 nitrogen and oxygen atoms in total. The summed E-state index contributed by atoms with van der Waals surface area (Å²) in [5.74, 6) is 0.686. The molecule has 0 bridgehead atoms. The second kappa shape index (κ2) is 8.19. The number of nitrogens with zero attached hydrogens (tertiary/aromatic N) is 1. The van der Waals surface area contributed by atoms with Crippen molar-refractivity contribution in [2.24, 2.45) is 0 Å². The SMILES string of the molecule is COc1cccc(OC)c1S(=O)(=O)Nc1noc2c(-c3ccccc3)ccc(OC)c12. The van der Waals surface area contributed by atoms with Gasteiger partial charge in [0.25, 0.3) is 10.0 Å². The molecule has 9 heteroatoms. The van der Waals surface area contributed by atoms with Crippen molar-refractivity contribution in [3.8, 4) is 28.4 Å². The van der Waals surface area contributed by atoms with Gasteiger partial charge < -0.3 is 18.7 Å². The van der Waals surface area contributed by atoms with Crippen molar-refractivity contribution >= 4 is 26.8 Å². The molecule has 4 aromatic rings. The van der Waals surface area contributed by atoms with Gasteiger partial charge in [-0.1, -0.05) is 41.6 Å². The van der Waals surface area contributed by atoms with Crippen LogP contribution in [0, 0.1) is 0 Å². The molecule has 0 radical (unpaired) electrons. The van der Waals surface area contributed by atoms with E-state index < -0.39 is 10.0 Å². The monoisotopic (exact) mass is 440 g/mol. The zero-order valence-electron chi connectivity index (χ0n) is 17.1. The lowest BCUT2D eigenvalue weighted by Crippen LogP contribution is -2.15. The Morgan fingerprint density at radius 2 is 1.45 bits per heavy atom. The van der Waals surface area contributed by atoms with Crippen LogP contribution in [0.25, 0.3) is 22.1 Å². The number of methoxy groups -OCH3 is 3. The highest BCUT2D eigenvalue weighted by Gasteiger charge is 2.28. The van der Waals surface area contributed by atoms with E-state index in [4.69, 9.17) is 18.7 Å². The highest BCUT2D eigenvalue weighted by molar-refractivity contribution is 7.93. The minimum Gasteiger partial charge on any atom is -0.496 e. The Labute approximate surface area is 179 Å². The first-order chi connectivity index (χ1) is 15.0. The average Bonchev–Trinajstić information content (AvgIpc) is 3.21. The number of sulfonamides is 1. The first-order valence-electron chi connectivity index (χ1n) is 9.25. The molecule has 0 amide bonds. The predicted molar refractivity (Wildman–Crippen MR) is 116 cm³/mol. The normalized spacial score (nSPS) is 11.3. The van der Waals surface area contributed by atoms with Crippen LogP contribution in [0.15, 0.2) is 70.1 Å². The van der Waals surface area contributed by atoms with Gasteiger partial charge in [-0.3, -0.25) is 4.72 Å². The van der Waals surface area contributed by atoms with Gasteiger partial charge in [0.05, 0.1) is 21.3 Å². The quantitative estimate of drug-likeness (QED) is 0.457. The molecule has 0 spiro atoms. The molecule has 1 heterocycles. The number of aromatic nitrogens is 1. The Bertz CT molecular complexity index is 1310. The van der Waals surface area contributed by atoms with Gasteiger partial charge in [-0.25, -0.2) is 8.42 Å². The van der Waals surface area contributed by atoms with Crippen molar-refractivity contribution in [1.82, 2.24) is 5.16 Å². The molecule has 31 heavy (non-hydrogen) atoms. The van der Waals surface area contributed by atoms with Crippen LogP contribution in [0.4, 0.5) is 5.82 Å². The van der Waals surface area contributed by atoms with Gasteiger partial charge in [-0.2, -0.15) is 0 Å². The summed E-state index contributed by atoms with van der Waals surface area (Å²) in [6.45, 7) is 0. The highest BCUT2D eigenvalue weighted by Crippen LogP contribution is 2.40. The van der Waals surface area contributed by atoms with Crippen molar-refractivity contribution in [2.45, 2.75) is 4.90 Å². The molecule has 0 atom stereocenters. The fourth-order valence-corrected chi connectivity index (χ4v) is 4.69. The van der Waals surface area contributed by atoms with Gasteiger partial charge in [-0.15, -0.1) is 0 Å². The molecule has 1 aromatic heterocycles. The third-order valence-corrected chi connectivity index (χ3v) is 6.17. The summed E-state index contributed by atoms with van der Waals surface area (Å²) in [7, 11) is 0.118. The Morgan fingerprint density at radius 1 is 0.806 bits per heavy atom. The fourth-order valence-electron chi connectivity index (χ4n) is 3.37. The molecule has 3 aromatic carbocycles. The van der Waals surface area contributed by atoms with Gasteiger partial charge in [-0.05, 0) is 29.8 Å². The minimum absolute atomic E-state index is 0.00223. The number of fused-ring (bicyclic) bond motifs is 1. The number of rotatable bonds is 7. The smallest absolute Gasteiger partial charge is 0.270 e. The molecule has 0 unspecified atom stereocenters. The molecule has 160 valence electrons. The first kappa shape index (κ1) is 20.5. The molecule has 0 aliphatic heterocycles. The lowest BCUT2D eigenvalue weighted by molar-refractivity contribution is 0.373. The van der Waals surface area contributed by atoms with Gasteiger partial charge in [0, 0.05) is 5.56 Å². The van der Waals surface area contributed by atoms with E-state index in [0.29, 0.717) is 16.7 Å². The molecular weight excluding hydrogens is 420 g/mol. The van der Waals surface area contributed by atoms with Crippen LogP contribution >= 0.6 is 0 Å². The summed E-state index contributed by atoms with van der Waals surface area (Å²) >= 11 is 0. The third-order valence-electron chi connectivity index (χ3n) is 4.77. The molecule has 0 saturated carbocycles. The molecule has 0 fully saturated rings. The van der Waals surface area contributed by atoms with Crippen LogP contribution < -0.4 is 18.9 Å². The largest absolute Gasteiger partial charge is 0.496 e. The summed E-state index contributed by atoms with van der Waals surface area (Å²) < 4.78 is 50.5. The number of hydrogen-bond acceptors (Lipinski definition) is 7.